The van der Waals surface area contributed by atoms with E-state index in [1.54, 1.807) is 12.7 Å². The van der Waals surface area contributed by atoms with Crippen molar-refractivity contribution in [2.24, 2.45) is 21.1 Å². The Balaban J connectivity index is -0.0000000786. The van der Waals surface area contributed by atoms with Crippen molar-refractivity contribution in [2.45, 2.75) is 54.4 Å². The van der Waals surface area contributed by atoms with E-state index in [1.165, 1.54) is 12.8 Å². The van der Waals surface area contributed by atoms with E-state index >= 15 is 0 Å². The normalized spacial score (nSPS) is 8.25. The Kier molecular flexibility index (Phi) is 43.8. The molecule has 0 radical (unpaired) electrons. The van der Waals surface area contributed by atoms with E-state index in [9.17, 15) is 0 Å². The van der Waals surface area contributed by atoms with Crippen LogP contribution < -0.4 is 37.7 Å². The van der Waals surface area contributed by atoms with E-state index < -0.39 is 0 Å². The van der Waals surface area contributed by atoms with Crippen molar-refractivity contribution in [1.82, 2.24) is 28.7 Å². The molecule has 200 valence electrons. The number of hydrogen-bond acceptors (Lipinski definition) is 3. The number of aryl methyl sites for hydroxylation is 2. The van der Waals surface area contributed by atoms with E-state index in [1.807, 2.05) is 41.0 Å². The number of rotatable bonds is 2. The van der Waals surface area contributed by atoms with E-state index in [0.717, 1.165) is 40.6 Å². The maximum Gasteiger partial charge on any atom is 1.00 e. The van der Waals surface area contributed by atoms with Crippen LogP contribution in [0.15, 0.2) is 46.6 Å². The molecule has 36 heavy (non-hydrogen) atoms. The molecule has 0 aromatic carbocycles. The number of nitrogens with zero attached hydrogens (tertiary/aromatic N) is 6. The smallest absolute Gasteiger partial charge is 0.343 e. The Morgan fingerprint density at radius 3 is 1.28 bits per heavy atom. The molecule has 3 rings (SSSR count). The minimum absolute atomic E-state index is 0. The first-order valence-corrected chi connectivity index (χ1v) is 14.3. The zero-order valence-corrected chi connectivity index (χ0v) is 30.4. The van der Waals surface area contributed by atoms with E-state index in [-0.39, 0.29) is 52.6 Å². The fourth-order valence-corrected chi connectivity index (χ4v) is 3.69. The van der Waals surface area contributed by atoms with Gasteiger partial charge in [-0.15, -0.1) is 0 Å². The van der Waals surface area contributed by atoms with Crippen LogP contribution >= 0.6 is 95.6 Å². The fourth-order valence-electron chi connectivity index (χ4n) is 1.19. The number of hydrogen-bond donors (Lipinski definition) is 0. The second-order valence-electron chi connectivity index (χ2n) is 6.03. The molecule has 6 nitrogen and oxygen atoms in total. The molecule has 0 atom stereocenters. The Morgan fingerprint density at radius 1 is 0.750 bits per heavy atom. The molecule has 0 amide bonds. The molecule has 14 heteroatoms. The molecule has 0 N–H and O–H groups in total. The molecule has 3 aromatic rings. The molecule has 0 aliphatic heterocycles. The Morgan fingerprint density at radius 2 is 1.19 bits per heavy atom. The zero-order chi connectivity index (χ0) is 25.3. The summed E-state index contributed by atoms with van der Waals surface area (Å²) in [5, 5.41) is 0. The van der Waals surface area contributed by atoms with Gasteiger partial charge in [0.15, 0.2) is 4.73 Å². The maximum atomic E-state index is 4.06. The van der Waals surface area contributed by atoms with Gasteiger partial charge in [0.05, 0.1) is 12.7 Å². The maximum absolute atomic E-state index is 4.06. The standard InChI is InChI=1S/C4H3Br3N2.C4H4Br2N2.C4H5BrN2.2C4H9.2CH4.2Li/c1-9-3(6)2(5)8-4(9)7;1-8-2-7-3(5)4(8)6;1-7-2-4(5)6-3-7;2*1-3-4-2;;;;/h1H3;2H,1H3;2-3H,1H3;2*1,3-4H2,2H3;2*1H4;;/q;;;2*-1;;;2*+1. The topological polar surface area (TPSA) is 53.5 Å². The average molecular weight is 880 g/mol. The molecule has 3 aromatic heterocycles. The molecule has 0 bridgehead atoms. The summed E-state index contributed by atoms with van der Waals surface area (Å²) in [6.07, 6.45) is 9.91. The number of unbranched alkanes of at least 4 members (excludes halogenated alkanes) is 2. The van der Waals surface area contributed by atoms with Gasteiger partial charge in [0.1, 0.15) is 23.0 Å². The van der Waals surface area contributed by atoms with Crippen molar-refractivity contribution in [3.63, 3.8) is 0 Å². The predicted molar refractivity (Wildman–Crippen MR) is 170 cm³/mol. The summed E-state index contributed by atoms with van der Waals surface area (Å²) < 4.78 is 10.9. The van der Waals surface area contributed by atoms with Crippen LogP contribution in [-0.4, -0.2) is 28.7 Å². The van der Waals surface area contributed by atoms with Crippen LogP contribution in [0, 0.1) is 13.8 Å². The summed E-state index contributed by atoms with van der Waals surface area (Å²) in [7, 11) is 5.76. The summed E-state index contributed by atoms with van der Waals surface area (Å²) in [6.45, 7) is 11.4. The van der Waals surface area contributed by atoms with Crippen molar-refractivity contribution in [2.75, 3.05) is 0 Å². The Bertz CT molecular complexity index is 805. The molecular formula is C22H38Br6Li2N6. The second kappa shape index (κ2) is 31.2. The zero-order valence-electron chi connectivity index (χ0n) is 20.9. The van der Waals surface area contributed by atoms with Crippen molar-refractivity contribution >= 4 is 95.6 Å². The van der Waals surface area contributed by atoms with Crippen molar-refractivity contribution < 1.29 is 37.7 Å². The summed E-state index contributed by atoms with van der Waals surface area (Å²) in [4.78, 5) is 11.9. The predicted octanol–water partition coefficient (Wildman–Crippen LogP) is 4.36. The summed E-state index contributed by atoms with van der Waals surface area (Å²) in [6, 6.07) is 0. The Hall–Kier alpha value is 1.70. The monoisotopic (exact) mass is 874 g/mol. The van der Waals surface area contributed by atoms with E-state index in [0.29, 0.717) is 0 Å². The van der Waals surface area contributed by atoms with Gasteiger partial charge in [-0.1, -0.05) is 41.5 Å². The van der Waals surface area contributed by atoms with Crippen molar-refractivity contribution in [3.8, 4) is 0 Å². The van der Waals surface area contributed by atoms with Gasteiger partial charge in [-0.3, -0.25) is 0 Å². The van der Waals surface area contributed by atoms with Crippen LogP contribution in [0.4, 0.5) is 0 Å². The van der Waals surface area contributed by atoms with Crippen LogP contribution in [0.25, 0.3) is 0 Å². The van der Waals surface area contributed by atoms with E-state index in [4.69, 9.17) is 0 Å². The van der Waals surface area contributed by atoms with Gasteiger partial charge in [0.2, 0.25) is 0 Å². The first-order valence-electron chi connectivity index (χ1n) is 9.53. The molecule has 0 saturated heterocycles. The summed E-state index contributed by atoms with van der Waals surface area (Å²) >= 11 is 19.6. The van der Waals surface area contributed by atoms with Gasteiger partial charge in [-0.2, -0.15) is 12.8 Å². The minimum Gasteiger partial charge on any atom is -0.343 e. The van der Waals surface area contributed by atoms with Gasteiger partial charge < -0.3 is 27.5 Å². The van der Waals surface area contributed by atoms with Gasteiger partial charge in [0.25, 0.3) is 0 Å². The number of halogens is 6. The summed E-state index contributed by atoms with van der Waals surface area (Å²) in [5.41, 5.74) is 0. The minimum atomic E-state index is 0. The molecule has 0 aliphatic carbocycles. The van der Waals surface area contributed by atoms with Crippen molar-refractivity contribution in [1.29, 1.82) is 0 Å². The van der Waals surface area contributed by atoms with Crippen LogP contribution in [0.5, 0.6) is 0 Å². The third kappa shape index (κ3) is 24.7. The summed E-state index contributed by atoms with van der Waals surface area (Å²) in [5.74, 6) is 0. The fraction of sp³-hybridized carbons (Fsp3) is 0.500. The molecule has 0 unspecified atom stereocenters. The first-order chi connectivity index (χ1) is 15.0. The molecule has 0 fully saturated rings. The van der Waals surface area contributed by atoms with Gasteiger partial charge in [0, 0.05) is 27.3 Å². The third-order valence-corrected chi connectivity index (χ3v) is 8.30. The second-order valence-corrected chi connectivity index (χ2v) is 10.6. The third-order valence-electron chi connectivity index (χ3n) is 3.14. The van der Waals surface area contributed by atoms with E-state index in [2.05, 4.69) is 138 Å². The van der Waals surface area contributed by atoms with Crippen LogP contribution in [0.2, 0.25) is 0 Å². The van der Waals surface area contributed by atoms with Gasteiger partial charge in [-0.05, 0) is 95.6 Å². The van der Waals surface area contributed by atoms with Crippen LogP contribution in [0.3, 0.4) is 0 Å². The molecular weight excluding hydrogens is 842 g/mol. The SMILES string of the molecule is C.C.Cn1c(Br)nc(Br)c1Br.Cn1cnc(Br)c1.Cn1cnc(Br)c1Br.[CH2-]CCC.[CH2-]CCC.[Li+].[Li+]. The quantitative estimate of drug-likeness (QED) is 0.285. The molecule has 0 saturated carbocycles. The number of imidazole rings is 3. The first kappa shape index (κ1) is 50.5. The van der Waals surface area contributed by atoms with Crippen LogP contribution in [0.1, 0.15) is 54.4 Å². The van der Waals surface area contributed by atoms with Gasteiger partial charge >= 0.3 is 37.7 Å². The molecule has 0 aliphatic rings. The van der Waals surface area contributed by atoms with Crippen LogP contribution in [-0.2, 0) is 21.1 Å². The molecule has 3 heterocycles. The average Bonchev–Trinajstić information content (AvgIpc) is 3.38. The molecule has 0 spiro atoms. The van der Waals surface area contributed by atoms with Crippen molar-refractivity contribution in [3.05, 3.63) is 60.4 Å². The van der Waals surface area contributed by atoms with Gasteiger partial charge in [-0.25, -0.2) is 15.0 Å². The largest absolute Gasteiger partial charge is 1.00 e. The number of aromatic nitrogens is 6. The Labute approximate surface area is 294 Å².